The second-order valence-corrected chi connectivity index (χ2v) is 6.72. The van der Waals surface area contributed by atoms with Crippen LogP contribution in [0.2, 0.25) is 0 Å². The van der Waals surface area contributed by atoms with Crippen molar-refractivity contribution in [2.75, 3.05) is 0 Å². The Kier molecular flexibility index (Phi) is 3.90. The number of rotatable bonds is 3. The van der Waals surface area contributed by atoms with Crippen molar-refractivity contribution >= 4 is 21.6 Å². The first kappa shape index (κ1) is 15.0. The summed E-state index contributed by atoms with van der Waals surface area (Å²) in [7, 11) is 0. The van der Waals surface area contributed by atoms with E-state index in [2.05, 4.69) is 18.8 Å². The van der Waals surface area contributed by atoms with Gasteiger partial charge in [-0.2, -0.15) is 0 Å². The molecular formula is C16H19N5S. The Morgan fingerprint density at radius 1 is 1.09 bits per heavy atom. The minimum absolute atomic E-state index is 0.178. The zero-order valence-electron chi connectivity index (χ0n) is 12.9. The van der Waals surface area contributed by atoms with Gasteiger partial charge in [0.1, 0.15) is 4.83 Å². The maximum absolute atomic E-state index is 6.31. The van der Waals surface area contributed by atoms with Gasteiger partial charge in [-0.25, -0.2) is 9.97 Å². The number of aromatic nitrogens is 3. The summed E-state index contributed by atoms with van der Waals surface area (Å²) in [6.07, 6.45) is 3.47. The van der Waals surface area contributed by atoms with Gasteiger partial charge in [-0.1, -0.05) is 0 Å². The fourth-order valence-electron chi connectivity index (χ4n) is 2.40. The third kappa shape index (κ3) is 2.49. The average molecular weight is 313 g/mol. The first-order valence-corrected chi connectivity index (χ1v) is 8.00. The van der Waals surface area contributed by atoms with Crippen LogP contribution in [0, 0.1) is 13.8 Å². The molecule has 0 aromatic carbocycles. The van der Waals surface area contributed by atoms with Gasteiger partial charge in [0.2, 0.25) is 0 Å². The minimum atomic E-state index is -0.321. The molecule has 114 valence electrons. The Morgan fingerprint density at radius 2 is 1.77 bits per heavy atom. The molecule has 0 radical (unpaired) electrons. The first-order valence-electron chi connectivity index (χ1n) is 7.18. The number of thiophene rings is 1. The number of pyridine rings is 1. The largest absolute Gasteiger partial charge is 0.326 e. The van der Waals surface area contributed by atoms with E-state index in [-0.39, 0.29) is 12.1 Å². The van der Waals surface area contributed by atoms with E-state index in [0.29, 0.717) is 5.82 Å². The number of aryl methyl sites for hydroxylation is 2. The van der Waals surface area contributed by atoms with Crippen LogP contribution in [-0.2, 0) is 0 Å². The molecule has 0 aliphatic heterocycles. The van der Waals surface area contributed by atoms with E-state index in [4.69, 9.17) is 21.4 Å². The molecule has 3 aromatic heterocycles. The molecule has 3 rings (SSSR count). The van der Waals surface area contributed by atoms with Gasteiger partial charge in [0, 0.05) is 34.3 Å². The summed E-state index contributed by atoms with van der Waals surface area (Å²) >= 11 is 1.67. The highest BCUT2D eigenvalue weighted by atomic mass is 32.1. The van der Waals surface area contributed by atoms with Crippen LogP contribution in [-0.4, -0.2) is 21.0 Å². The van der Waals surface area contributed by atoms with Crippen molar-refractivity contribution < 1.29 is 0 Å². The van der Waals surface area contributed by atoms with Gasteiger partial charge in [0.05, 0.1) is 11.7 Å². The second-order valence-electron chi connectivity index (χ2n) is 5.52. The first-order chi connectivity index (χ1) is 10.5. The monoisotopic (exact) mass is 313 g/mol. The summed E-state index contributed by atoms with van der Waals surface area (Å²) in [5.74, 6) is 0.669. The van der Waals surface area contributed by atoms with Crippen molar-refractivity contribution in [3.05, 3.63) is 40.7 Å². The number of hydrogen-bond acceptors (Lipinski definition) is 6. The molecule has 0 aliphatic carbocycles. The lowest BCUT2D eigenvalue weighted by Gasteiger charge is -2.17. The summed E-state index contributed by atoms with van der Waals surface area (Å²) in [6, 6.07) is 3.30. The molecule has 0 fully saturated rings. The highest BCUT2D eigenvalue weighted by Gasteiger charge is 2.21. The molecule has 0 bridgehead atoms. The molecule has 3 heterocycles. The van der Waals surface area contributed by atoms with Gasteiger partial charge < -0.3 is 11.5 Å². The lowest BCUT2D eigenvalue weighted by atomic mass is 10.0. The molecule has 22 heavy (non-hydrogen) atoms. The molecular weight excluding hydrogens is 294 g/mol. The van der Waals surface area contributed by atoms with E-state index in [1.54, 1.807) is 23.7 Å². The second kappa shape index (κ2) is 5.72. The number of fused-ring (bicyclic) bond motifs is 1. The fourth-order valence-corrected chi connectivity index (χ4v) is 3.44. The Bertz CT molecular complexity index is 810. The van der Waals surface area contributed by atoms with Crippen LogP contribution in [0.5, 0.6) is 0 Å². The molecule has 2 atom stereocenters. The molecule has 0 saturated heterocycles. The van der Waals surface area contributed by atoms with Crippen LogP contribution in [0.25, 0.3) is 21.6 Å². The predicted molar refractivity (Wildman–Crippen MR) is 90.7 cm³/mol. The Labute approximate surface area is 133 Å². The molecule has 0 aliphatic rings. The molecule has 6 heteroatoms. The maximum Gasteiger partial charge on any atom is 0.161 e. The Morgan fingerprint density at radius 3 is 2.41 bits per heavy atom. The quantitative estimate of drug-likeness (QED) is 0.776. The number of hydrogen-bond donors (Lipinski definition) is 2. The predicted octanol–water partition coefficient (Wildman–Crippen LogP) is 2.72. The zero-order valence-corrected chi connectivity index (χ0v) is 13.7. The third-order valence-corrected chi connectivity index (χ3v) is 4.98. The van der Waals surface area contributed by atoms with E-state index >= 15 is 0 Å². The molecule has 0 spiro atoms. The van der Waals surface area contributed by atoms with E-state index in [1.807, 2.05) is 19.1 Å². The summed E-state index contributed by atoms with van der Waals surface area (Å²) < 4.78 is 0. The Hall–Kier alpha value is -1.89. The van der Waals surface area contributed by atoms with Gasteiger partial charge in [0.25, 0.3) is 0 Å². The normalized spacial score (nSPS) is 14.2. The van der Waals surface area contributed by atoms with Crippen molar-refractivity contribution in [2.24, 2.45) is 11.5 Å². The smallest absolute Gasteiger partial charge is 0.161 e. The van der Waals surface area contributed by atoms with Gasteiger partial charge in [0.15, 0.2) is 5.82 Å². The van der Waals surface area contributed by atoms with Crippen molar-refractivity contribution in [3.63, 3.8) is 0 Å². The van der Waals surface area contributed by atoms with Gasteiger partial charge in [-0.05, 0) is 38.5 Å². The molecule has 3 aromatic rings. The van der Waals surface area contributed by atoms with E-state index < -0.39 is 0 Å². The molecule has 5 nitrogen and oxygen atoms in total. The van der Waals surface area contributed by atoms with Gasteiger partial charge in [-0.3, -0.25) is 4.98 Å². The summed E-state index contributed by atoms with van der Waals surface area (Å²) in [5.41, 5.74) is 15.3. The third-order valence-electron chi connectivity index (χ3n) is 3.88. The minimum Gasteiger partial charge on any atom is -0.326 e. The van der Waals surface area contributed by atoms with Crippen molar-refractivity contribution in [1.82, 2.24) is 15.0 Å². The van der Waals surface area contributed by atoms with E-state index in [1.165, 1.54) is 10.4 Å². The highest BCUT2D eigenvalue weighted by molar-refractivity contribution is 7.18. The van der Waals surface area contributed by atoms with Crippen LogP contribution in [0.3, 0.4) is 0 Å². The molecule has 0 saturated carbocycles. The standard InChI is InChI=1S/C16H19N5S/c1-8-10(3)22-16-12(8)14(13(18)9(2)17)20-15(21-16)11-4-6-19-7-5-11/h4-7,9,13H,17-18H2,1-3H3. The van der Waals surface area contributed by atoms with Crippen LogP contribution < -0.4 is 11.5 Å². The highest BCUT2D eigenvalue weighted by Crippen LogP contribution is 2.34. The number of nitrogens with two attached hydrogens (primary N) is 2. The zero-order chi connectivity index (χ0) is 15.9. The Balaban J connectivity index is 2.30. The van der Waals surface area contributed by atoms with Crippen LogP contribution in [0.15, 0.2) is 24.5 Å². The lowest BCUT2D eigenvalue weighted by molar-refractivity contribution is 0.579. The van der Waals surface area contributed by atoms with Crippen molar-refractivity contribution in [2.45, 2.75) is 32.9 Å². The van der Waals surface area contributed by atoms with E-state index in [0.717, 1.165) is 21.5 Å². The summed E-state index contributed by atoms with van der Waals surface area (Å²) in [5, 5.41) is 1.05. The van der Waals surface area contributed by atoms with Gasteiger partial charge in [-0.15, -0.1) is 11.3 Å². The maximum atomic E-state index is 6.31. The SMILES string of the molecule is Cc1sc2nc(-c3ccncc3)nc(C(N)C(C)N)c2c1C. The molecule has 0 amide bonds. The van der Waals surface area contributed by atoms with E-state index in [9.17, 15) is 0 Å². The average Bonchev–Trinajstić information content (AvgIpc) is 2.81. The van der Waals surface area contributed by atoms with Crippen LogP contribution >= 0.6 is 11.3 Å². The topological polar surface area (TPSA) is 90.7 Å². The van der Waals surface area contributed by atoms with Crippen LogP contribution in [0.1, 0.15) is 29.1 Å². The summed E-state index contributed by atoms with van der Waals surface area (Å²) in [6.45, 7) is 6.08. The lowest BCUT2D eigenvalue weighted by Crippen LogP contribution is -2.32. The van der Waals surface area contributed by atoms with Gasteiger partial charge >= 0.3 is 0 Å². The molecule has 2 unspecified atom stereocenters. The van der Waals surface area contributed by atoms with Crippen molar-refractivity contribution in [3.8, 4) is 11.4 Å². The fraction of sp³-hybridized carbons (Fsp3) is 0.312. The van der Waals surface area contributed by atoms with Crippen molar-refractivity contribution in [1.29, 1.82) is 0 Å². The van der Waals surface area contributed by atoms with Crippen LogP contribution in [0.4, 0.5) is 0 Å². The summed E-state index contributed by atoms with van der Waals surface area (Å²) in [4.78, 5) is 15.7. The molecule has 4 N–H and O–H groups in total. The number of nitrogens with zero attached hydrogens (tertiary/aromatic N) is 3.